The predicted octanol–water partition coefficient (Wildman–Crippen LogP) is 3.72. The van der Waals surface area contributed by atoms with Gasteiger partial charge in [-0.15, -0.1) is 0 Å². The number of hydrogen-bond acceptors (Lipinski definition) is 2. The molecule has 3 aliphatic rings. The van der Waals surface area contributed by atoms with Crippen LogP contribution in [0.3, 0.4) is 0 Å². The average Bonchev–Trinajstić information content (AvgIpc) is 2.45. The van der Waals surface area contributed by atoms with Crippen molar-refractivity contribution in [1.29, 1.82) is 0 Å². The van der Waals surface area contributed by atoms with Crippen LogP contribution < -0.4 is 4.74 Å². The van der Waals surface area contributed by atoms with E-state index in [0.29, 0.717) is 0 Å². The van der Waals surface area contributed by atoms with E-state index in [0.717, 1.165) is 22.9 Å². The van der Waals surface area contributed by atoms with E-state index in [9.17, 15) is 0 Å². The number of aliphatic imine (C=N–C) groups is 1. The molecule has 0 saturated heterocycles. The molecule has 2 heteroatoms. The van der Waals surface area contributed by atoms with E-state index in [1.807, 2.05) is 30.3 Å². The van der Waals surface area contributed by atoms with Crippen molar-refractivity contribution in [3.63, 3.8) is 0 Å². The summed E-state index contributed by atoms with van der Waals surface area (Å²) in [6.07, 6.45) is 12.5. The van der Waals surface area contributed by atoms with Crippen LogP contribution in [0.2, 0.25) is 0 Å². The number of rotatable bonds is 0. The Balaban J connectivity index is 1.89. The molecule has 2 nitrogen and oxygen atoms in total. The molecule has 0 saturated carbocycles. The molecule has 0 radical (unpaired) electrons. The Kier molecular flexibility index (Phi) is 1.92. The molecule has 0 spiro atoms. The van der Waals surface area contributed by atoms with Crippen molar-refractivity contribution < 1.29 is 4.74 Å². The van der Waals surface area contributed by atoms with Crippen molar-refractivity contribution in [3.05, 3.63) is 72.1 Å². The highest BCUT2D eigenvalue weighted by molar-refractivity contribution is 6.08. The third-order valence-electron chi connectivity index (χ3n) is 3.36. The van der Waals surface area contributed by atoms with Gasteiger partial charge in [0.05, 0.1) is 5.71 Å². The van der Waals surface area contributed by atoms with Gasteiger partial charge in [0.1, 0.15) is 11.4 Å². The molecule has 2 aliphatic carbocycles. The fraction of sp³-hybridized carbons (Fsp3) is 0.0625. The highest BCUT2D eigenvalue weighted by Crippen LogP contribution is 2.38. The minimum Gasteiger partial charge on any atom is -0.453 e. The van der Waals surface area contributed by atoms with E-state index < -0.39 is 0 Å². The fourth-order valence-electron chi connectivity index (χ4n) is 2.47. The maximum absolute atomic E-state index is 5.91. The average molecular weight is 233 g/mol. The van der Waals surface area contributed by atoms with Gasteiger partial charge in [0.25, 0.3) is 0 Å². The molecular formula is C16H11NO. The topological polar surface area (TPSA) is 21.6 Å². The highest BCUT2D eigenvalue weighted by Gasteiger charge is 2.29. The smallest absolute Gasteiger partial charge is 0.153 e. The van der Waals surface area contributed by atoms with Gasteiger partial charge in [0.15, 0.2) is 5.75 Å². The Labute approximate surface area is 105 Å². The van der Waals surface area contributed by atoms with E-state index in [1.165, 1.54) is 5.57 Å². The van der Waals surface area contributed by atoms with Gasteiger partial charge < -0.3 is 4.74 Å². The summed E-state index contributed by atoms with van der Waals surface area (Å²) < 4.78 is 5.91. The van der Waals surface area contributed by atoms with Crippen LogP contribution in [0.15, 0.2) is 77.0 Å². The number of para-hydroxylation sites is 2. The number of fused-ring (bicyclic) bond motifs is 4. The van der Waals surface area contributed by atoms with Gasteiger partial charge in [0, 0.05) is 5.92 Å². The lowest BCUT2D eigenvalue weighted by molar-refractivity contribution is 0.445. The molecule has 1 aromatic carbocycles. The molecule has 86 valence electrons. The van der Waals surface area contributed by atoms with Crippen LogP contribution in [0.4, 0.5) is 5.69 Å². The largest absolute Gasteiger partial charge is 0.453 e. The first kappa shape index (κ1) is 9.66. The molecule has 0 N–H and O–H groups in total. The summed E-state index contributed by atoms with van der Waals surface area (Å²) in [5.41, 5.74) is 3.18. The molecular weight excluding hydrogens is 222 g/mol. The Morgan fingerprint density at radius 2 is 2.00 bits per heavy atom. The van der Waals surface area contributed by atoms with Gasteiger partial charge in [-0.25, -0.2) is 4.99 Å². The van der Waals surface area contributed by atoms with Gasteiger partial charge in [-0.2, -0.15) is 0 Å². The monoisotopic (exact) mass is 233 g/mol. The number of hydrogen-bond donors (Lipinski definition) is 0. The molecule has 1 unspecified atom stereocenters. The normalized spacial score (nSPS) is 22.9. The van der Waals surface area contributed by atoms with Crippen molar-refractivity contribution >= 4 is 11.4 Å². The second-order valence-electron chi connectivity index (χ2n) is 4.49. The first-order valence-electron chi connectivity index (χ1n) is 6.04. The van der Waals surface area contributed by atoms with Crippen LogP contribution in [0, 0.1) is 5.92 Å². The molecule has 18 heavy (non-hydrogen) atoms. The quantitative estimate of drug-likeness (QED) is 0.669. The summed E-state index contributed by atoms with van der Waals surface area (Å²) in [5, 5.41) is 0. The van der Waals surface area contributed by atoms with Gasteiger partial charge in [-0.3, -0.25) is 0 Å². The molecule has 1 atom stereocenters. The van der Waals surface area contributed by atoms with Crippen LogP contribution in [-0.4, -0.2) is 5.71 Å². The molecule has 1 heterocycles. The third kappa shape index (κ3) is 1.32. The van der Waals surface area contributed by atoms with Crippen LogP contribution in [0.25, 0.3) is 0 Å². The van der Waals surface area contributed by atoms with Crippen molar-refractivity contribution in [2.75, 3.05) is 0 Å². The lowest BCUT2D eigenvalue weighted by atomic mass is 9.85. The Hall–Kier alpha value is -2.35. The molecule has 1 aliphatic heterocycles. The molecule has 0 aromatic heterocycles. The number of benzene rings is 1. The van der Waals surface area contributed by atoms with Crippen LogP contribution in [0.5, 0.6) is 5.75 Å². The van der Waals surface area contributed by atoms with Crippen molar-refractivity contribution in [2.45, 2.75) is 0 Å². The molecule has 0 amide bonds. The summed E-state index contributed by atoms with van der Waals surface area (Å²) in [6.45, 7) is 0. The standard InChI is InChI=1S/C16H11NO/c1-2-6-12-11(5-1)9-10-15-16(12)17-13-7-3-4-8-14(13)18-15/h1-10,12H. The SMILES string of the molecule is C1=CC2=CC=C3Oc4ccccc4N=C3C2C=C1. The molecule has 0 bridgehead atoms. The van der Waals surface area contributed by atoms with Crippen molar-refractivity contribution in [3.8, 4) is 5.75 Å². The van der Waals surface area contributed by atoms with Gasteiger partial charge >= 0.3 is 0 Å². The van der Waals surface area contributed by atoms with E-state index in [4.69, 9.17) is 9.73 Å². The highest BCUT2D eigenvalue weighted by atomic mass is 16.5. The first-order valence-corrected chi connectivity index (χ1v) is 6.04. The predicted molar refractivity (Wildman–Crippen MR) is 72.1 cm³/mol. The van der Waals surface area contributed by atoms with Gasteiger partial charge in [-0.1, -0.05) is 42.5 Å². The summed E-state index contributed by atoms with van der Waals surface area (Å²) >= 11 is 0. The Morgan fingerprint density at radius 1 is 1.06 bits per heavy atom. The van der Waals surface area contributed by atoms with Crippen molar-refractivity contribution in [1.82, 2.24) is 0 Å². The molecule has 0 fully saturated rings. The van der Waals surface area contributed by atoms with E-state index >= 15 is 0 Å². The maximum Gasteiger partial charge on any atom is 0.153 e. The number of ether oxygens (including phenoxy) is 1. The number of nitrogens with zero attached hydrogens (tertiary/aromatic N) is 1. The summed E-state index contributed by atoms with van der Waals surface area (Å²) in [5.74, 6) is 1.92. The minimum absolute atomic E-state index is 0.225. The third-order valence-corrected chi connectivity index (χ3v) is 3.36. The second kappa shape index (κ2) is 3.57. The molecule has 1 aromatic rings. The van der Waals surface area contributed by atoms with E-state index in [1.54, 1.807) is 0 Å². The maximum atomic E-state index is 5.91. The Bertz CT molecular complexity index is 674. The zero-order valence-electron chi connectivity index (χ0n) is 9.71. The number of allylic oxidation sites excluding steroid dienone is 8. The fourth-order valence-corrected chi connectivity index (χ4v) is 2.47. The second-order valence-corrected chi connectivity index (χ2v) is 4.49. The van der Waals surface area contributed by atoms with Crippen LogP contribution >= 0.6 is 0 Å². The minimum atomic E-state index is 0.225. The van der Waals surface area contributed by atoms with Gasteiger partial charge in [-0.05, 0) is 23.8 Å². The summed E-state index contributed by atoms with van der Waals surface area (Å²) in [7, 11) is 0. The zero-order valence-corrected chi connectivity index (χ0v) is 9.71. The lowest BCUT2D eigenvalue weighted by Gasteiger charge is -2.28. The van der Waals surface area contributed by atoms with E-state index in [-0.39, 0.29) is 5.92 Å². The van der Waals surface area contributed by atoms with Gasteiger partial charge in [0.2, 0.25) is 0 Å². The van der Waals surface area contributed by atoms with E-state index in [2.05, 4.69) is 30.4 Å². The van der Waals surface area contributed by atoms with Crippen molar-refractivity contribution in [2.24, 2.45) is 10.9 Å². The Morgan fingerprint density at radius 3 is 3.00 bits per heavy atom. The molecule has 4 rings (SSSR count). The van der Waals surface area contributed by atoms with Crippen LogP contribution in [0.1, 0.15) is 0 Å². The lowest BCUT2D eigenvalue weighted by Crippen LogP contribution is -2.25. The summed E-state index contributed by atoms with van der Waals surface area (Å²) in [4.78, 5) is 4.75. The zero-order chi connectivity index (χ0) is 11.9. The van der Waals surface area contributed by atoms with Crippen LogP contribution in [-0.2, 0) is 0 Å². The first-order chi connectivity index (χ1) is 8.92. The summed E-state index contributed by atoms with van der Waals surface area (Å²) in [6, 6.07) is 7.89.